The van der Waals surface area contributed by atoms with E-state index in [1.165, 1.54) is 32.4 Å². The number of hydrogen-bond acceptors (Lipinski definition) is 2. The average molecular weight is 197 g/mol. The van der Waals surface area contributed by atoms with Gasteiger partial charge in [0.2, 0.25) is 0 Å². The van der Waals surface area contributed by atoms with Gasteiger partial charge < -0.3 is 9.69 Å². The van der Waals surface area contributed by atoms with E-state index >= 15 is 0 Å². The molecule has 2 atom stereocenters. The minimum atomic E-state index is 0.321. The predicted octanol–water partition coefficient (Wildman–Crippen LogP) is 2.48. The van der Waals surface area contributed by atoms with Gasteiger partial charge in [0.1, 0.15) is 5.78 Å². The third kappa shape index (κ3) is 3.41. The first-order valence-electron chi connectivity index (χ1n) is 5.84. The number of ketones is 1. The zero-order valence-electron chi connectivity index (χ0n) is 9.75. The lowest BCUT2D eigenvalue weighted by molar-refractivity contribution is -0.118. The highest BCUT2D eigenvalue weighted by Crippen LogP contribution is 2.19. The lowest BCUT2D eigenvalue weighted by Gasteiger charge is -2.35. The van der Waals surface area contributed by atoms with Crippen molar-refractivity contribution in [2.45, 2.75) is 52.5 Å². The van der Waals surface area contributed by atoms with Crippen LogP contribution in [0.1, 0.15) is 46.5 Å². The quantitative estimate of drug-likeness (QED) is 0.690. The van der Waals surface area contributed by atoms with Crippen LogP contribution in [0.3, 0.4) is 0 Å². The number of rotatable bonds is 4. The SMILES string of the molecule is CC(=O)CC(C)C(C)N1CCCCC1. The fourth-order valence-corrected chi connectivity index (χ4v) is 2.31. The van der Waals surface area contributed by atoms with Gasteiger partial charge in [0, 0.05) is 12.5 Å². The summed E-state index contributed by atoms with van der Waals surface area (Å²) >= 11 is 0. The molecule has 0 amide bonds. The van der Waals surface area contributed by atoms with Gasteiger partial charge in [0.15, 0.2) is 0 Å². The first kappa shape index (κ1) is 11.7. The summed E-state index contributed by atoms with van der Waals surface area (Å²) in [7, 11) is 0. The molecule has 1 rings (SSSR count). The first-order chi connectivity index (χ1) is 6.61. The van der Waals surface area contributed by atoms with Gasteiger partial charge in [0.05, 0.1) is 0 Å². The van der Waals surface area contributed by atoms with Crippen LogP contribution in [0.15, 0.2) is 0 Å². The van der Waals surface area contributed by atoms with Crippen LogP contribution in [-0.4, -0.2) is 29.8 Å². The molecule has 1 fully saturated rings. The number of Topliss-reactive ketones (excluding diaryl/α,β-unsaturated/α-hetero) is 1. The molecular formula is C12H23NO. The maximum Gasteiger partial charge on any atom is 0.130 e. The Morgan fingerprint density at radius 2 is 1.79 bits per heavy atom. The fourth-order valence-electron chi connectivity index (χ4n) is 2.31. The second-order valence-electron chi connectivity index (χ2n) is 4.72. The van der Waals surface area contributed by atoms with E-state index < -0.39 is 0 Å². The third-order valence-electron chi connectivity index (χ3n) is 3.40. The van der Waals surface area contributed by atoms with Crippen LogP contribution >= 0.6 is 0 Å². The van der Waals surface area contributed by atoms with Gasteiger partial charge in [-0.25, -0.2) is 0 Å². The van der Waals surface area contributed by atoms with Crippen LogP contribution in [-0.2, 0) is 4.79 Å². The molecule has 2 nitrogen and oxygen atoms in total. The van der Waals surface area contributed by atoms with Crippen molar-refractivity contribution in [1.29, 1.82) is 0 Å². The number of nitrogens with zero attached hydrogens (tertiary/aromatic N) is 1. The molecule has 0 aromatic rings. The lowest BCUT2D eigenvalue weighted by atomic mass is 9.95. The lowest BCUT2D eigenvalue weighted by Crippen LogP contribution is -2.41. The smallest absolute Gasteiger partial charge is 0.130 e. The molecule has 82 valence electrons. The molecule has 1 aliphatic rings. The Morgan fingerprint density at radius 1 is 1.21 bits per heavy atom. The van der Waals surface area contributed by atoms with Crippen molar-refractivity contribution in [3.8, 4) is 0 Å². The zero-order chi connectivity index (χ0) is 10.6. The number of carbonyl (C=O) groups excluding carboxylic acids is 1. The van der Waals surface area contributed by atoms with Gasteiger partial charge in [-0.05, 0) is 45.7 Å². The van der Waals surface area contributed by atoms with Crippen LogP contribution in [0.2, 0.25) is 0 Å². The molecule has 0 bridgehead atoms. The molecule has 0 aromatic heterocycles. The molecule has 0 saturated carbocycles. The summed E-state index contributed by atoms with van der Waals surface area (Å²) in [4.78, 5) is 13.6. The minimum absolute atomic E-state index is 0.321. The van der Waals surface area contributed by atoms with E-state index in [0.29, 0.717) is 17.7 Å². The summed E-state index contributed by atoms with van der Waals surface area (Å²) in [6.07, 6.45) is 4.77. The Morgan fingerprint density at radius 3 is 2.29 bits per heavy atom. The van der Waals surface area contributed by atoms with Crippen LogP contribution in [0.5, 0.6) is 0 Å². The second kappa shape index (κ2) is 5.50. The summed E-state index contributed by atoms with van der Waals surface area (Å²) in [5.41, 5.74) is 0. The summed E-state index contributed by atoms with van der Waals surface area (Å²) < 4.78 is 0. The predicted molar refractivity (Wildman–Crippen MR) is 59.3 cm³/mol. The monoisotopic (exact) mass is 197 g/mol. The molecule has 14 heavy (non-hydrogen) atoms. The van der Waals surface area contributed by atoms with Gasteiger partial charge in [-0.2, -0.15) is 0 Å². The van der Waals surface area contributed by atoms with Crippen LogP contribution in [0.4, 0.5) is 0 Å². The van der Waals surface area contributed by atoms with E-state index in [1.807, 2.05) is 0 Å². The van der Waals surface area contributed by atoms with Gasteiger partial charge in [0.25, 0.3) is 0 Å². The van der Waals surface area contributed by atoms with Crippen molar-refractivity contribution < 1.29 is 4.79 Å². The molecule has 1 saturated heterocycles. The first-order valence-corrected chi connectivity index (χ1v) is 5.84. The van der Waals surface area contributed by atoms with E-state index in [2.05, 4.69) is 18.7 Å². The van der Waals surface area contributed by atoms with Crippen LogP contribution in [0, 0.1) is 5.92 Å². The second-order valence-corrected chi connectivity index (χ2v) is 4.72. The Labute approximate surface area is 87.7 Å². The standard InChI is InChI=1S/C12H23NO/c1-10(9-11(2)14)12(3)13-7-5-4-6-8-13/h10,12H,4-9H2,1-3H3. The van der Waals surface area contributed by atoms with Crippen molar-refractivity contribution in [3.05, 3.63) is 0 Å². The molecule has 0 N–H and O–H groups in total. The van der Waals surface area contributed by atoms with Crippen molar-refractivity contribution in [2.24, 2.45) is 5.92 Å². The molecule has 0 aliphatic carbocycles. The number of carbonyl (C=O) groups is 1. The molecule has 0 radical (unpaired) electrons. The van der Waals surface area contributed by atoms with E-state index in [4.69, 9.17) is 0 Å². The molecule has 2 unspecified atom stereocenters. The highest BCUT2D eigenvalue weighted by Gasteiger charge is 2.22. The van der Waals surface area contributed by atoms with E-state index in [9.17, 15) is 4.79 Å². The van der Waals surface area contributed by atoms with Gasteiger partial charge in [-0.1, -0.05) is 13.3 Å². The maximum absolute atomic E-state index is 11.0. The largest absolute Gasteiger partial charge is 0.300 e. The van der Waals surface area contributed by atoms with Crippen molar-refractivity contribution >= 4 is 5.78 Å². The highest BCUT2D eigenvalue weighted by molar-refractivity contribution is 5.75. The summed E-state index contributed by atoms with van der Waals surface area (Å²) in [6, 6.07) is 0.569. The Kier molecular flexibility index (Phi) is 4.59. The van der Waals surface area contributed by atoms with Crippen LogP contribution < -0.4 is 0 Å². The molecular weight excluding hydrogens is 174 g/mol. The van der Waals surface area contributed by atoms with E-state index in [-0.39, 0.29) is 0 Å². The molecule has 1 heterocycles. The number of piperidine rings is 1. The Hall–Kier alpha value is -0.370. The fraction of sp³-hybridized carbons (Fsp3) is 0.917. The van der Waals surface area contributed by atoms with E-state index in [0.717, 1.165) is 6.42 Å². The number of hydrogen-bond donors (Lipinski definition) is 0. The Balaban J connectivity index is 2.37. The molecule has 0 spiro atoms. The van der Waals surface area contributed by atoms with Gasteiger partial charge >= 0.3 is 0 Å². The maximum atomic E-state index is 11.0. The molecule has 2 heteroatoms. The highest BCUT2D eigenvalue weighted by atomic mass is 16.1. The normalized spacial score (nSPS) is 23.1. The van der Waals surface area contributed by atoms with Crippen molar-refractivity contribution in [1.82, 2.24) is 4.90 Å². The summed E-state index contributed by atoms with van der Waals surface area (Å²) in [5, 5.41) is 0. The van der Waals surface area contributed by atoms with Gasteiger partial charge in [-0.3, -0.25) is 0 Å². The average Bonchev–Trinajstić information content (AvgIpc) is 2.17. The third-order valence-corrected chi connectivity index (χ3v) is 3.40. The summed E-state index contributed by atoms with van der Waals surface area (Å²) in [6.45, 7) is 8.60. The molecule has 1 aliphatic heterocycles. The topological polar surface area (TPSA) is 20.3 Å². The van der Waals surface area contributed by atoms with Gasteiger partial charge in [-0.15, -0.1) is 0 Å². The zero-order valence-corrected chi connectivity index (χ0v) is 9.75. The minimum Gasteiger partial charge on any atom is -0.300 e. The van der Waals surface area contributed by atoms with E-state index in [1.54, 1.807) is 6.92 Å². The number of likely N-dealkylation sites (tertiary alicyclic amines) is 1. The van der Waals surface area contributed by atoms with Crippen LogP contribution in [0.25, 0.3) is 0 Å². The molecule has 0 aromatic carbocycles. The van der Waals surface area contributed by atoms with Crippen molar-refractivity contribution in [2.75, 3.05) is 13.1 Å². The summed E-state index contributed by atoms with van der Waals surface area (Å²) in [5.74, 6) is 0.826. The Bertz CT molecular complexity index is 185. The van der Waals surface area contributed by atoms with Crippen molar-refractivity contribution in [3.63, 3.8) is 0 Å².